The minimum atomic E-state index is -2.76. The summed E-state index contributed by atoms with van der Waals surface area (Å²) in [5.41, 5.74) is -0.0548. The summed E-state index contributed by atoms with van der Waals surface area (Å²) < 4.78 is 26.3. The Hall–Kier alpha value is -0.980. The first kappa shape index (κ1) is 12.1. The van der Waals surface area contributed by atoms with Gasteiger partial charge in [0.15, 0.2) is 0 Å². The van der Waals surface area contributed by atoms with E-state index in [2.05, 4.69) is 21.0 Å². The second-order valence-corrected chi connectivity index (χ2v) is 3.84. The van der Waals surface area contributed by atoms with E-state index >= 15 is 0 Å². The van der Waals surface area contributed by atoms with E-state index in [4.69, 9.17) is 5.11 Å². The van der Waals surface area contributed by atoms with Crippen LogP contribution in [0.3, 0.4) is 0 Å². The molecule has 0 aliphatic heterocycles. The molecule has 0 saturated carbocycles. The number of halogens is 3. The summed E-state index contributed by atoms with van der Waals surface area (Å²) in [5.74, 6) is -1.20. The van der Waals surface area contributed by atoms with Gasteiger partial charge in [0.2, 0.25) is 0 Å². The van der Waals surface area contributed by atoms with Crippen molar-refractivity contribution >= 4 is 21.9 Å². The van der Waals surface area contributed by atoms with Gasteiger partial charge in [-0.25, -0.2) is 18.3 Å². The van der Waals surface area contributed by atoms with Gasteiger partial charge in [-0.1, -0.05) is 0 Å². The van der Waals surface area contributed by atoms with E-state index in [1.165, 1.54) is 13.8 Å². The van der Waals surface area contributed by atoms with Gasteiger partial charge in [-0.15, -0.1) is 0 Å². The molecule has 1 aromatic heterocycles. The van der Waals surface area contributed by atoms with Gasteiger partial charge in [-0.3, -0.25) is 0 Å². The predicted octanol–water partition coefficient (Wildman–Crippen LogP) is 2.54. The summed E-state index contributed by atoms with van der Waals surface area (Å²) in [6, 6.07) is -1.11. The zero-order chi connectivity index (χ0) is 11.7. The summed E-state index contributed by atoms with van der Waals surface area (Å²) in [5, 5.41) is 12.5. The fourth-order valence-corrected chi connectivity index (χ4v) is 1.57. The lowest BCUT2D eigenvalue weighted by Gasteiger charge is -2.10. The fraction of sp³-hybridized carbons (Fsp3) is 0.500. The Morgan fingerprint density at radius 2 is 2.13 bits per heavy atom. The number of hydrogen-bond acceptors (Lipinski definition) is 2. The monoisotopic (exact) mass is 282 g/mol. The molecule has 15 heavy (non-hydrogen) atoms. The molecule has 0 spiro atoms. The van der Waals surface area contributed by atoms with Crippen LogP contribution in [0, 0.1) is 6.92 Å². The standard InChI is InChI=1S/C8H9BrF2N2O2/c1-3-5(9)6(7(10)11)13(12-3)4(2)8(14)15/h4,7H,1-2H3,(H,14,15). The maximum atomic E-state index is 12.6. The van der Waals surface area contributed by atoms with Crippen LogP contribution in [-0.4, -0.2) is 20.9 Å². The van der Waals surface area contributed by atoms with Gasteiger partial charge in [-0.2, -0.15) is 5.10 Å². The molecule has 1 unspecified atom stereocenters. The highest BCUT2D eigenvalue weighted by molar-refractivity contribution is 9.10. The molecular formula is C8H9BrF2N2O2. The summed E-state index contributed by atoms with van der Waals surface area (Å²) in [6.45, 7) is 2.83. The highest BCUT2D eigenvalue weighted by Crippen LogP contribution is 2.31. The van der Waals surface area contributed by atoms with Crippen LogP contribution >= 0.6 is 15.9 Å². The van der Waals surface area contributed by atoms with E-state index < -0.39 is 24.1 Å². The molecule has 1 aromatic rings. The first-order valence-electron chi connectivity index (χ1n) is 4.11. The highest BCUT2D eigenvalue weighted by Gasteiger charge is 2.26. The van der Waals surface area contributed by atoms with Gasteiger partial charge in [0.25, 0.3) is 6.43 Å². The summed E-state index contributed by atoms with van der Waals surface area (Å²) in [4.78, 5) is 10.7. The third-order valence-corrected chi connectivity index (χ3v) is 2.96. The van der Waals surface area contributed by atoms with Crippen molar-refractivity contribution in [2.24, 2.45) is 0 Å². The van der Waals surface area contributed by atoms with Crippen molar-refractivity contribution in [3.05, 3.63) is 15.9 Å². The van der Waals surface area contributed by atoms with Crippen LogP contribution in [0.2, 0.25) is 0 Å². The molecule has 0 saturated heterocycles. The van der Waals surface area contributed by atoms with Gasteiger partial charge in [0, 0.05) is 0 Å². The molecule has 7 heteroatoms. The summed E-state index contributed by atoms with van der Waals surface area (Å²) in [7, 11) is 0. The number of aromatic nitrogens is 2. The Bertz CT molecular complexity index is 392. The molecule has 84 valence electrons. The SMILES string of the molecule is Cc1nn(C(C)C(=O)O)c(C(F)F)c1Br. The first-order chi connectivity index (χ1) is 6.86. The number of aryl methyl sites for hydroxylation is 1. The van der Waals surface area contributed by atoms with Crippen molar-refractivity contribution in [1.29, 1.82) is 0 Å². The number of carbonyl (C=O) groups is 1. The van der Waals surface area contributed by atoms with E-state index in [1.54, 1.807) is 0 Å². The zero-order valence-corrected chi connectivity index (χ0v) is 9.62. The van der Waals surface area contributed by atoms with E-state index in [9.17, 15) is 13.6 Å². The number of aliphatic carboxylic acids is 1. The predicted molar refractivity (Wildman–Crippen MR) is 52.0 cm³/mol. The molecule has 1 heterocycles. The van der Waals surface area contributed by atoms with Crippen LogP contribution < -0.4 is 0 Å². The number of rotatable bonds is 3. The van der Waals surface area contributed by atoms with E-state index in [0.717, 1.165) is 4.68 Å². The Labute approximate surface area is 93.0 Å². The molecule has 0 aliphatic carbocycles. The van der Waals surface area contributed by atoms with Gasteiger partial charge < -0.3 is 5.11 Å². The van der Waals surface area contributed by atoms with Crippen molar-refractivity contribution in [2.75, 3.05) is 0 Å². The van der Waals surface area contributed by atoms with Crippen LogP contribution in [0.5, 0.6) is 0 Å². The molecule has 4 nitrogen and oxygen atoms in total. The van der Waals surface area contributed by atoms with Crippen molar-refractivity contribution in [1.82, 2.24) is 9.78 Å². The molecule has 0 amide bonds. The Morgan fingerprint density at radius 3 is 2.53 bits per heavy atom. The third kappa shape index (κ3) is 2.17. The smallest absolute Gasteiger partial charge is 0.328 e. The molecule has 0 aliphatic rings. The molecule has 1 N–H and O–H groups in total. The molecular weight excluding hydrogens is 274 g/mol. The number of carboxylic acid groups (broad SMARTS) is 1. The van der Waals surface area contributed by atoms with Gasteiger partial charge in [-0.05, 0) is 29.8 Å². The van der Waals surface area contributed by atoms with Gasteiger partial charge >= 0.3 is 5.97 Å². The normalized spacial score (nSPS) is 13.2. The minimum absolute atomic E-state index is 0.158. The topological polar surface area (TPSA) is 55.1 Å². The van der Waals surface area contributed by atoms with Gasteiger partial charge in [0.05, 0.1) is 10.2 Å². The third-order valence-electron chi connectivity index (χ3n) is 1.98. The number of carboxylic acids is 1. The van der Waals surface area contributed by atoms with Crippen molar-refractivity contribution in [3.8, 4) is 0 Å². The maximum Gasteiger partial charge on any atom is 0.328 e. The Morgan fingerprint density at radius 1 is 1.60 bits per heavy atom. The van der Waals surface area contributed by atoms with Crippen molar-refractivity contribution in [2.45, 2.75) is 26.3 Å². The summed E-state index contributed by atoms with van der Waals surface area (Å²) >= 11 is 2.96. The lowest BCUT2D eigenvalue weighted by Crippen LogP contribution is -2.19. The molecule has 1 atom stereocenters. The van der Waals surface area contributed by atoms with E-state index in [-0.39, 0.29) is 4.47 Å². The van der Waals surface area contributed by atoms with Crippen LogP contribution in [0.1, 0.15) is 30.8 Å². The number of nitrogens with zero attached hydrogens (tertiary/aromatic N) is 2. The minimum Gasteiger partial charge on any atom is -0.480 e. The average molecular weight is 283 g/mol. The first-order valence-corrected chi connectivity index (χ1v) is 4.91. The molecule has 0 radical (unpaired) electrons. The van der Waals surface area contributed by atoms with Crippen molar-refractivity contribution < 1.29 is 18.7 Å². The molecule has 0 aromatic carbocycles. The van der Waals surface area contributed by atoms with Crippen LogP contribution in [0.4, 0.5) is 8.78 Å². The van der Waals surface area contributed by atoms with E-state index in [1.807, 2.05) is 0 Å². The van der Waals surface area contributed by atoms with Gasteiger partial charge in [0.1, 0.15) is 11.7 Å². The lowest BCUT2D eigenvalue weighted by atomic mass is 10.3. The second kappa shape index (κ2) is 4.26. The average Bonchev–Trinajstić information content (AvgIpc) is 2.41. The quantitative estimate of drug-likeness (QED) is 0.927. The van der Waals surface area contributed by atoms with E-state index in [0.29, 0.717) is 5.69 Å². The fourth-order valence-electron chi connectivity index (χ4n) is 1.14. The molecule has 0 bridgehead atoms. The number of hydrogen-bond donors (Lipinski definition) is 1. The zero-order valence-electron chi connectivity index (χ0n) is 8.04. The second-order valence-electron chi connectivity index (χ2n) is 3.04. The largest absolute Gasteiger partial charge is 0.480 e. The van der Waals surface area contributed by atoms with Crippen LogP contribution in [-0.2, 0) is 4.79 Å². The maximum absolute atomic E-state index is 12.6. The summed E-state index contributed by atoms with van der Waals surface area (Å²) in [6.07, 6.45) is -2.76. The number of alkyl halides is 2. The lowest BCUT2D eigenvalue weighted by molar-refractivity contribution is -0.140. The molecule has 1 rings (SSSR count). The highest BCUT2D eigenvalue weighted by atomic mass is 79.9. The van der Waals surface area contributed by atoms with Crippen LogP contribution in [0.25, 0.3) is 0 Å². The Kier molecular flexibility index (Phi) is 3.43. The molecule has 0 fully saturated rings. The van der Waals surface area contributed by atoms with Crippen molar-refractivity contribution in [3.63, 3.8) is 0 Å². The van der Waals surface area contributed by atoms with Crippen LogP contribution in [0.15, 0.2) is 4.47 Å². The Balaban J connectivity index is 3.29.